The monoisotopic (exact) mass is 360 g/mol. The number of nitrogen functional groups attached to an aromatic ring is 1. The standard InChI is InChI=1S/C15H17BrN6/c1-21-9-19-20-15(21)10-4-6-22(7-5-10)14-11(8-17)13(18)3-2-12(14)16/h2-3,9-10H,4-7,18H2,1H3. The molecule has 1 aliphatic rings. The quantitative estimate of drug-likeness (QED) is 0.831. The number of benzene rings is 1. The van der Waals surface area contributed by atoms with Crippen molar-refractivity contribution in [1.29, 1.82) is 5.26 Å². The van der Waals surface area contributed by atoms with Crippen LogP contribution in [0.2, 0.25) is 0 Å². The van der Waals surface area contributed by atoms with Crippen LogP contribution in [0.15, 0.2) is 22.9 Å². The Kier molecular flexibility index (Phi) is 4.03. The molecule has 2 aromatic rings. The van der Waals surface area contributed by atoms with E-state index in [0.29, 0.717) is 17.2 Å². The van der Waals surface area contributed by atoms with Gasteiger partial charge in [0.15, 0.2) is 0 Å². The molecule has 2 N–H and O–H groups in total. The first-order chi connectivity index (χ1) is 10.6. The van der Waals surface area contributed by atoms with Crippen LogP contribution in [0.3, 0.4) is 0 Å². The Bertz CT molecular complexity index is 724. The van der Waals surface area contributed by atoms with Crippen molar-refractivity contribution in [3.8, 4) is 6.07 Å². The minimum Gasteiger partial charge on any atom is -0.398 e. The molecule has 0 aliphatic carbocycles. The highest BCUT2D eigenvalue weighted by Crippen LogP contribution is 2.37. The fourth-order valence-corrected chi connectivity index (χ4v) is 3.61. The molecule has 3 rings (SSSR count). The number of hydrogen-bond acceptors (Lipinski definition) is 5. The summed E-state index contributed by atoms with van der Waals surface area (Å²) < 4.78 is 2.90. The molecule has 0 radical (unpaired) electrons. The Balaban J connectivity index is 1.82. The first-order valence-corrected chi connectivity index (χ1v) is 7.98. The number of rotatable bonds is 2. The van der Waals surface area contributed by atoms with Crippen LogP contribution in [0.25, 0.3) is 0 Å². The van der Waals surface area contributed by atoms with E-state index in [2.05, 4.69) is 37.1 Å². The van der Waals surface area contributed by atoms with Gasteiger partial charge in [0.1, 0.15) is 18.2 Å². The lowest BCUT2D eigenvalue weighted by atomic mass is 9.95. The molecule has 2 heterocycles. The molecule has 1 saturated heterocycles. The summed E-state index contributed by atoms with van der Waals surface area (Å²) in [6.45, 7) is 1.74. The van der Waals surface area contributed by atoms with Gasteiger partial charge in [0.25, 0.3) is 0 Å². The number of hydrogen-bond donors (Lipinski definition) is 1. The molecule has 0 saturated carbocycles. The summed E-state index contributed by atoms with van der Waals surface area (Å²) in [5, 5.41) is 17.6. The van der Waals surface area contributed by atoms with Crippen molar-refractivity contribution in [3.05, 3.63) is 34.3 Å². The van der Waals surface area contributed by atoms with E-state index in [1.54, 1.807) is 12.4 Å². The van der Waals surface area contributed by atoms with Crippen LogP contribution in [0.4, 0.5) is 11.4 Å². The second-order valence-corrected chi connectivity index (χ2v) is 6.39. The van der Waals surface area contributed by atoms with Gasteiger partial charge in [-0.15, -0.1) is 10.2 Å². The topological polar surface area (TPSA) is 83.8 Å². The average Bonchev–Trinajstić information content (AvgIpc) is 2.95. The Hall–Kier alpha value is -2.07. The summed E-state index contributed by atoms with van der Waals surface area (Å²) in [5.74, 6) is 1.45. The van der Waals surface area contributed by atoms with Crippen LogP contribution in [-0.2, 0) is 7.05 Å². The summed E-state index contributed by atoms with van der Waals surface area (Å²) in [6, 6.07) is 5.89. The summed E-state index contributed by atoms with van der Waals surface area (Å²) in [4.78, 5) is 2.23. The Labute approximate surface area is 137 Å². The normalized spacial score (nSPS) is 15.8. The first kappa shape index (κ1) is 14.9. The number of aryl methyl sites for hydroxylation is 1. The SMILES string of the molecule is Cn1cnnc1C1CCN(c2c(Br)ccc(N)c2C#N)CC1. The number of nitrogens with zero attached hydrogens (tertiary/aromatic N) is 5. The highest BCUT2D eigenvalue weighted by Gasteiger charge is 2.26. The number of nitriles is 1. The minimum atomic E-state index is 0.411. The lowest BCUT2D eigenvalue weighted by Crippen LogP contribution is -2.34. The first-order valence-electron chi connectivity index (χ1n) is 7.18. The van der Waals surface area contributed by atoms with Gasteiger partial charge in [-0.1, -0.05) is 0 Å². The van der Waals surface area contributed by atoms with Crippen molar-refractivity contribution in [3.63, 3.8) is 0 Å². The van der Waals surface area contributed by atoms with E-state index in [-0.39, 0.29) is 0 Å². The Morgan fingerprint density at radius 1 is 1.36 bits per heavy atom. The molecule has 1 aromatic carbocycles. The fraction of sp³-hybridized carbons (Fsp3) is 0.400. The largest absolute Gasteiger partial charge is 0.398 e. The molecular formula is C15H17BrN6. The van der Waals surface area contributed by atoms with Gasteiger partial charge >= 0.3 is 0 Å². The minimum absolute atomic E-state index is 0.411. The van der Waals surface area contributed by atoms with Crippen LogP contribution in [0.5, 0.6) is 0 Å². The summed E-state index contributed by atoms with van der Waals surface area (Å²) in [5.41, 5.74) is 7.91. The van der Waals surface area contributed by atoms with E-state index in [9.17, 15) is 5.26 Å². The zero-order valence-electron chi connectivity index (χ0n) is 12.3. The van der Waals surface area contributed by atoms with Crippen molar-refractivity contribution >= 4 is 27.3 Å². The molecule has 6 nitrogen and oxygen atoms in total. The zero-order chi connectivity index (χ0) is 15.7. The van der Waals surface area contributed by atoms with Crippen LogP contribution >= 0.6 is 15.9 Å². The van der Waals surface area contributed by atoms with Crippen molar-refractivity contribution in [2.24, 2.45) is 7.05 Å². The van der Waals surface area contributed by atoms with Gasteiger partial charge in [-0.25, -0.2) is 0 Å². The molecule has 0 atom stereocenters. The number of aromatic nitrogens is 3. The molecule has 1 aliphatic heterocycles. The highest BCUT2D eigenvalue weighted by molar-refractivity contribution is 9.10. The number of halogens is 1. The number of nitrogens with two attached hydrogens (primary N) is 1. The van der Waals surface area contributed by atoms with Crippen molar-refractivity contribution in [1.82, 2.24) is 14.8 Å². The van der Waals surface area contributed by atoms with Gasteiger partial charge in [0.2, 0.25) is 0 Å². The van der Waals surface area contributed by atoms with Crippen molar-refractivity contribution in [2.45, 2.75) is 18.8 Å². The molecule has 22 heavy (non-hydrogen) atoms. The number of piperidine rings is 1. The smallest absolute Gasteiger partial charge is 0.135 e. The lowest BCUT2D eigenvalue weighted by molar-refractivity contribution is 0.474. The summed E-state index contributed by atoms with van der Waals surface area (Å²) in [7, 11) is 1.98. The predicted octanol–water partition coefficient (Wildman–Crippen LogP) is 2.42. The molecule has 0 amide bonds. The average molecular weight is 361 g/mol. The molecule has 1 fully saturated rings. The summed E-state index contributed by atoms with van der Waals surface area (Å²) >= 11 is 3.55. The second kappa shape index (κ2) is 5.97. The maximum atomic E-state index is 9.39. The van der Waals surface area contributed by atoms with Crippen LogP contribution < -0.4 is 10.6 Å². The van der Waals surface area contributed by atoms with Crippen LogP contribution in [0, 0.1) is 11.3 Å². The van der Waals surface area contributed by atoms with E-state index in [1.165, 1.54) is 0 Å². The van der Waals surface area contributed by atoms with E-state index in [1.807, 2.05) is 17.7 Å². The van der Waals surface area contributed by atoms with Crippen LogP contribution in [0.1, 0.15) is 30.1 Å². The molecule has 1 aromatic heterocycles. The van der Waals surface area contributed by atoms with E-state index < -0.39 is 0 Å². The van der Waals surface area contributed by atoms with E-state index in [4.69, 9.17) is 5.73 Å². The van der Waals surface area contributed by atoms with Gasteiger partial charge in [-0.2, -0.15) is 5.26 Å². The maximum absolute atomic E-state index is 9.39. The molecule has 0 unspecified atom stereocenters. The van der Waals surface area contributed by atoms with Gasteiger partial charge in [0.05, 0.1) is 16.9 Å². The fourth-order valence-electron chi connectivity index (χ4n) is 3.03. The van der Waals surface area contributed by atoms with E-state index in [0.717, 1.165) is 41.9 Å². The third-order valence-electron chi connectivity index (χ3n) is 4.20. The van der Waals surface area contributed by atoms with E-state index >= 15 is 0 Å². The van der Waals surface area contributed by atoms with Gasteiger partial charge in [-0.3, -0.25) is 0 Å². The molecule has 0 bridgehead atoms. The Morgan fingerprint density at radius 3 is 2.68 bits per heavy atom. The van der Waals surface area contributed by atoms with Crippen molar-refractivity contribution < 1.29 is 0 Å². The molecular weight excluding hydrogens is 344 g/mol. The molecule has 114 valence electrons. The van der Waals surface area contributed by atoms with Gasteiger partial charge in [-0.05, 0) is 40.9 Å². The third kappa shape index (κ3) is 2.55. The highest BCUT2D eigenvalue weighted by atomic mass is 79.9. The second-order valence-electron chi connectivity index (χ2n) is 5.53. The maximum Gasteiger partial charge on any atom is 0.135 e. The summed E-state index contributed by atoms with van der Waals surface area (Å²) in [6.07, 6.45) is 3.71. The lowest BCUT2D eigenvalue weighted by Gasteiger charge is -2.34. The number of anilines is 2. The van der Waals surface area contributed by atoms with Crippen molar-refractivity contribution in [2.75, 3.05) is 23.7 Å². The van der Waals surface area contributed by atoms with Gasteiger partial charge < -0.3 is 15.2 Å². The van der Waals surface area contributed by atoms with Gasteiger partial charge in [0, 0.05) is 30.5 Å². The zero-order valence-corrected chi connectivity index (χ0v) is 13.9. The third-order valence-corrected chi connectivity index (χ3v) is 4.84. The predicted molar refractivity (Wildman–Crippen MR) is 88.5 cm³/mol. The molecule has 7 heteroatoms. The Morgan fingerprint density at radius 2 is 2.09 bits per heavy atom. The molecule has 0 spiro atoms. The van der Waals surface area contributed by atoms with Crippen LogP contribution in [-0.4, -0.2) is 27.9 Å².